The molecule has 0 spiro atoms. The second kappa shape index (κ2) is 13.0. The van der Waals surface area contributed by atoms with Crippen LogP contribution < -0.4 is 14.9 Å². The topological polar surface area (TPSA) is 69.9 Å². The van der Waals surface area contributed by atoms with Crippen LogP contribution in [0.25, 0.3) is 0 Å². The van der Waals surface area contributed by atoms with Crippen molar-refractivity contribution in [2.75, 3.05) is 21.3 Å². The van der Waals surface area contributed by atoms with Crippen molar-refractivity contribution in [2.45, 2.75) is 60.5 Å². The van der Waals surface area contributed by atoms with Gasteiger partial charge in [0.1, 0.15) is 0 Å². The Kier molecular flexibility index (Phi) is 11.1. The van der Waals surface area contributed by atoms with Gasteiger partial charge in [0.25, 0.3) is 5.88 Å². The Hall–Kier alpha value is -2.73. The molecule has 0 radical (unpaired) electrons. The van der Waals surface area contributed by atoms with Gasteiger partial charge in [-0.2, -0.15) is 4.73 Å². The second-order valence-electron chi connectivity index (χ2n) is 8.08. The highest BCUT2D eigenvalue weighted by molar-refractivity contribution is 5.41. The predicted molar refractivity (Wildman–Crippen MR) is 130 cm³/mol. The zero-order chi connectivity index (χ0) is 24.4. The molecular formula is C26H39NO5. The van der Waals surface area contributed by atoms with Crippen molar-refractivity contribution in [3.63, 3.8) is 0 Å². The quantitative estimate of drug-likeness (QED) is 0.280. The van der Waals surface area contributed by atoms with E-state index >= 15 is 0 Å². The number of hydrogen-bond acceptors (Lipinski definition) is 5. The maximum Gasteiger partial charge on any atom is 0.274 e. The van der Waals surface area contributed by atoms with Crippen molar-refractivity contribution in [1.82, 2.24) is 4.73 Å². The fraction of sp³-hybridized carbons (Fsp3) is 0.500. The number of hydrogen-bond donors (Lipinski definition) is 1. The molecule has 6 nitrogen and oxygen atoms in total. The van der Waals surface area contributed by atoms with Crippen LogP contribution in [0.15, 0.2) is 51.9 Å². The molecule has 0 aromatic carbocycles. The highest BCUT2D eigenvalue weighted by Gasteiger charge is 2.20. The van der Waals surface area contributed by atoms with E-state index in [9.17, 15) is 10.0 Å². The summed E-state index contributed by atoms with van der Waals surface area (Å²) in [6.07, 6.45) is 11.8. The minimum Gasteiger partial charge on any atom is -0.488 e. The van der Waals surface area contributed by atoms with Crippen LogP contribution in [0, 0.1) is 12.8 Å². The zero-order valence-electron chi connectivity index (χ0n) is 21.0. The molecule has 1 N–H and O–H groups in total. The number of aromatic nitrogens is 1. The minimum absolute atomic E-state index is 0.00134. The van der Waals surface area contributed by atoms with Gasteiger partial charge in [-0.25, -0.2) is 0 Å². The van der Waals surface area contributed by atoms with Gasteiger partial charge < -0.3 is 19.4 Å². The molecule has 0 aliphatic carbocycles. The van der Waals surface area contributed by atoms with E-state index in [2.05, 4.69) is 45.1 Å². The number of nitrogens with zero attached hydrogens (tertiary/aromatic N) is 1. The zero-order valence-corrected chi connectivity index (χ0v) is 21.0. The monoisotopic (exact) mass is 445 g/mol. The van der Waals surface area contributed by atoms with Gasteiger partial charge in [0.15, 0.2) is 0 Å². The molecule has 0 saturated carbocycles. The number of ether oxygens (including phenoxy) is 3. The fourth-order valence-corrected chi connectivity index (χ4v) is 3.70. The summed E-state index contributed by atoms with van der Waals surface area (Å²) in [6, 6.07) is 0. The molecule has 6 heteroatoms. The molecule has 0 bridgehead atoms. The van der Waals surface area contributed by atoms with E-state index < -0.39 is 0 Å². The Balaban J connectivity index is 2.92. The smallest absolute Gasteiger partial charge is 0.274 e. The summed E-state index contributed by atoms with van der Waals surface area (Å²) < 4.78 is 16.8. The van der Waals surface area contributed by atoms with Crippen molar-refractivity contribution < 1.29 is 19.4 Å². The number of allylic oxidation sites excluding steroid dienone is 6. The molecule has 0 saturated heterocycles. The van der Waals surface area contributed by atoms with Gasteiger partial charge in [0, 0.05) is 25.0 Å². The van der Waals surface area contributed by atoms with E-state index in [1.165, 1.54) is 25.4 Å². The lowest BCUT2D eigenvalue weighted by Crippen LogP contribution is -2.20. The van der Waals surface area contributed by atoms with Crippen molar-refractivity contribution in [3.8, 4) is 11.6 Å². The molecule has 1 rings (SSSR count). The van der Waals surface area contributed by atoms with Crippen LogP contribution in [0.4, 0.5) is 0 Å². The minimum atomic E-state index is -0.284. The Labute approximate surface area is 192 Å². The summed E-state index contributed by atoms with van der Waals surface area (Å²) in [6.45, 7) is 12.1. The first-order chi connectivity index (χ1) is 15.1. The third-order valence-electron chi connectivity index (χ3n) is 5.65. The summed E-state index contributed by atoms with van der Waals surface area (Å²) >= 11 is 0. The Bertz CT molecular complexity index is 950. The van der Waals surface area contributed by atoms with Crippen LogP contribution in [0.1, 0.15) is 52.3 Å². The first kappa shape index (κ1) is 27.3. The molecule has 0 aliphatic rings. The lowest BCUT2D eigenvalue weighted by Gasteiger charge is -2.21. The average Bonchev–Trinajstić information content (AvgIpc) is 2.76. The molecule has 1 aromatic rings. The molecule has 178 valence electrons. The molecule has 0 amide bonds. The van der Waals surface area contributed by atoms with Crippen molar-refractivity contribution in [3.05, 3.63) is 68.6 Å². The summed E-state index contributed by atoms with van der Waals surface area (Å²) in [5.41, 5.74) is 4.15. The second-order valence-corrected chi connectivity index (χ2v) is 8.08. The van der Waals surface area contributed by atoms with Crippen LogP contribution in [0.3, 0.4) is 0 Å². The normalized spacial score (nSPS) is 15.2. The van der Waals surface area contributed by atoms with Gasteiger partial charge in [0.05, 0.1) is 26.0 Å². The third-order valence-corrected chi connectivity index (χ3v) is 5.65. The lowest BCUT2D eigenvalue weighted by atomic mass is 9.95. The summed E-state index contributed by atoms with van der Waals surface area (Å²) in [4.78, 5) is 12.5. The molecule has 0 fully saturated rings. The van der Waals surface area contributed by atoms with Crippen LogP contribution in [-0.2, 0) is 11.2 Å². The SMILES string of the molecule is CC=C(C)[C@H](OC)[C@H](C)C=C(C)C=CCC(C)=CCc1c(C)c(=O)c(OC)c(OC)n1O. The molecule has 1 aromatic heterocycles. The maximum atomic E-state index is 12.5. The van der Waals surface area contributed by atoms with Gasteiger partial charge in [-0.15, -0.1) is 0 Å². The highest BCUT2D eigenvalue weighted by Crippen LogP contribution is 2.25. The van der Waals surface area contributed by atoms with E-state index in [1.807, 2.05) is 19.9 Å². The first-order valence-corrected chi connectivity index (χ1v) is 10.8. The number of rotatable bonds is 11. The van der Waals surface area contributed by atoms with Gasteiger partial charge in [-0.3, -0.25) is 4.79 Å². The van der Waals surface area contributed by atoms with Crippen molar-refractivity contribution >= 4 is 0 Å². The van der Waals surface area contributed by atoms with E-state index in [-0.39, 0.29) is 29.1 Å². The van der Waals surface area contributed by atoms with E-state index in [4.69, 9.17) is 14.2 Å². The summed E-state index contributed by atoms with van der Waals surface area (Å²) in [7, 11) is 4.51. The van der Waals surface area contributed by atoms with E-state index in [1.54, 1.807) is 14.0 Å². The number of methoxy groups -OCH3 is 3. The van der Waals surface area contributed by atoms with Crippen LogP contribution in [-0.4, -0.2) is 37.4 Å². The van der Waals surface area contributed by atoms with Crippen LogP contribution >= 0.6 is 0 Å². The molecule has 32 heavy (non-hydrogen) atoms. The van der Waals surface area contributed by atoms with Crippen molar-refractivity contribution in [2.24, 2.45) is 5.92 Å². The summed E-state index contributed by atoms with van der Waals surface area (Å²) in [5.74, 6) is 0.268. The molecule has 1 heterocycles. The molecule has 0 unspecified atom stereocenters. The molecule has 2 atom stereocenters. The van der Waals surface area contributed by atoms with Crippen molar-refractivity contribution in [1.29, 1.82) is 0 Å². The van der Waals surface area contributed by atoms with Gasteiger partial charge in [-0.1, -0.05) is 48.5 Å². The summed E-state index contributed by atoms with van der Waals surface area (Å²) in [5, 5.41) is 10.5. The first-order valence-electron chi connectivity index (χ1n) is 10.8. The van der Waals surface area contributed by atoms with E-state index in [0.29, 0.717) is 17.7 Å². The molecule has 0 aliphatic heterocycles. The Morgan fingerprint density at radius 3 is 2.34 bits per heavy atom. The Morgan fingerprint density at radius 1 is 1.16 bits per heavy atom. The Morgan fingerprint density at radius 2 is 1.81 bits per heavy atom. The largest absolute Gasteiger partial charge is 0.488 e. The standard InChI is InChI=1S/C26H39NO5/c1-10-19(4)24(30-7)20(5)16-18(3)13-11-12-17(2)14-15-22-21(6)23(28)25(31-8)26(32-9)27(22)29/h10-11,13-14,16,20,24,29H,12,15H2,1-9H3/t20-,24+/m1/s1. The van der Waals surface area contributed by atoms with Gasteiger partial charge in [-0.05, 0) is 46.6 Å². The maximum absolute atomic E-state index is 12.5. The van der Waals surface area contributed by atoms with E-state index in [0.717, 1.165) is 16.7 Å². The third kappa shape index (κ3) is 6.89. The van der Waals surface area contributed by atoms with Crippen LogP contribution in [0.5, 0.6) is 11.6 Å². The fourth-order valence-electron chi connectivity index (χ4n) is 3.70. The molecular weight excluding hydrogens is 406 g/mol. The predicted octanol–water partition coefficient (Wildman–Crippen LogP) is 5.41. The highest BCUT2D eigenvalue weighted by atomic mass is 16.6. The number of pyridine rings is 1. The lowest BCUT2D eigenvalue weighted by molar-refractivity contribution is 0.103. The van der Waals surface area contributed by atoms with Gasteiger partial charge in [0.2, 0.25) is 11.2 Å². The van der Waals surface area contributed by atoms with Gasteiger partial charge >= 0.3 is 0 Å². The average molecular weight is 446 g/mol. The van der Waals surface area contributed by atoms with Crippen LogP contribution in [0.2, 0.25) is 0 Å².